The largest absolute Gasteiger partial charge is 0.376 e. The highest BCUT2D eigenvalue weighted by Crippen LogP contribution is 2.17. The van der Waals surface area contributed by atoms with Gasteiger partial charge < -0.3 is 15.1 Å². The molecule has 1 saturated heterocycles. The average molecular weight is 377 g/mol. The van der Waals surface area contributed by atoms with E-state index in [9.17, 15) is 10.1 Å². The van der Waals surface area contributed by atoms with Crippen molar-refractivity contribution < 1.29 is 4.79 Å². The van der Waals surface area contributed by atoms with E-state index in [1.807, 2.05) is 30.1 Å². The van der Waals surface area contributed by atoms with E-state index in [0.29, 0.717) is 11.7 Å². The predicted molar refractivity (Wildman–Crippen MR) is 94.7 cm³/mol. The summed E-state index contributed by atoms with van der Waals surface area (Å²) >= 11 is 3.35. The molecule has 2 rings (SSSR count). The van der Waals surface area contributed by atoms with E-state index in [1.165, 1.54) is 0 Å². The van der Waals surface area contributed by atoms with Crippen LogP contribution in [0.25, 0.3) is 0 Å². The molecule has 0 spiro atoms. The third-order valence-corrected chi connectivity index (χ3v) is 4.59. The highest BCUT2D eigenvalue weighted by Gasteiger charge is 2.20. The number of piperidine rings is 1. The zero-order valence-corrected chi connectivity index (χ0v) is 15.0. The predicted octanol–water partition coefficient (Wildman–Crippen LogP) is 2.82. The van der Waals surface area contributed by atoms with Crippen LogP contribution in [0.15, 0.2) is 40.5 Å². The Balaban J connectivity index is 2.01. The van der Waals surface area contributed by atoms with Gasteiger partial charge in [-0.2, -0.15) is 5.26 Å². The van der Waals surface area contributed by atoms with Gasteiger partial charge in [-0.3, -0.25) is 4.79 Å². The Morgan fingerprint density at radius 2 is 2.00 bits per heavy atom. The number of benzene rings is 1. The van der Waals surface area contributed by atoms with Crippen LogP contribution in [0.3, 0.4) is 0 Å². The van der Waals surface area contributed by atoms with Crippen molar-refractivity contribution in [3.05, 3.63) is 40.5 Å². The van der Waals surface area contributed by atoms with Crippen molar-refractivity contribution in [1.82, 2.24) is 9.80 Å². The van der Waals surface area contributed by atoms with Crippen molar-refractivity contribution in [2.45, 2.75) is 18.9 Å². The smallest absolute Gasteiger partial charge is 0.267 e. The van der Waals surface area contributed by atoms with Crippen LogP contribution >= 0.6 is 15.9 Å². The number of nitriles is 1. The zero-order valence-electron chi connectivity index (χ0n) is 13.4. The lowest BCUT2D eigenvalue weighted by atomic mass is 10.0. The van der Waals surface area contributed by atoms with E-state index in [1.54, 1.807) is 18.3 Å². The number of likely N-dealkylation sites (tertiary alicyclic amines) is 1. The van der Waals surface area contributed by atoms with Crippen LogP contribution in [-0.2, 0) is 4.79 Å². The van der Waals surface area contributed by atoms with E-state index in [-0.39, 0.29) is 11.5 Å². The summed E-state index contributed by atoms with van der Waals surface area (Å²) in [6.07, 6.45) is 3.73. The first kappa shape index (κ1) is 17.5. The second kappa shape index (κ2) is 8.14. The summed E-state index contributed by atoms with van der Waals surface area (Å²) in [5, 5.41) is 12.0. The molecule has 6 heteroatoms. The first-order valence-electron chi connectivity index (χ1n) is 7.59. The molecule has 23 heavy (non-hydrogen) atoms. The molecule has 0 atom stereocenters. The number of halogens is 1. The molecule has 1 aromatic carbocycles. The summed E-state index contributed by atoms with van der Waals surface area (Å²) in [5.74, 6) is -0.380. The lowest BCUT2D eigenvalue weighted by Crippen LogP contribution is -2.40. The Morgan fingerprint density at radius 3 is 2.57 bits per heavy atom. The molecule has 122 valence electrons. The van der Waals surface area contributed by atoms with Crippen LogP contribution in [0.2, 0.25) is 0 Å². The summed E-state index contributed by atoms with van der Waals surface area (Å²) in [4.78, 5) is 16.5. The van der Waals surface area contributed by atoms with E-state index in [2.05, 4.69) is 33.2 Å². The summed E-state index contributed by atoms with van der Waals surface area (Å²) in [6.45, 7) is 2.08. The van der Waals surface area contributed by atoms with Crippen LogP contribution in [0.1, 0.15) is 12.8 Å². The topological polar surface area (TPSA) is 59.4 Å². The van der Waals surface area contributed by atoms with Gasteiger partial charge in [-0.05, 0) is 57.2 Å². The maximum atomic E-state index is 12.3. The highest BCUT2D eigenvalue weighted by molar-refractivity contribution is 9.10. The summed E-state index contributed by atoms with van der Waals surface area (Å²) in [5.41, 5.74) is 0.788. The fraction of sp³-hybridized carbons (Fsp3) is 0.412. The quantitative estimate of drug-likeness (QED) is 0.648. The maximum Gasteiger partial charge on any atom is 0.267 e. The van der Waals surface area contributed by atoms with Gasteiger partial charge in [-0.15, -0.1) is 0 Å². The number of nitrogens with zero attached hydrogens (tertiary/aromatic N) is 3. The minimum absolute atomic E-state index is 0.120. The molecule has 0 radical (unpaired) electrons. The van der Waals surface area contributed by atoms with Crippen molar-refractivity contribution in [1.29, 1.82) is 5.26 Å². The van der Waals surface area contributed by atoms with Gasteiger partial charge in [-0.25, -0.2) is 0 Å². The number of rotatable bonds is 4. The molecule has 1 heterocycles. The monoisotopic (exact) mass is 376 g/mol. The minimum atomic E-state index is -0.380. The number of hydrogen-bond donors (Lipinski definition) is 1. The Bertz CT molecular complexity index is 612. The van der Waals surface area contributed by atoms with Gasteiger partial charge >= 0.3 is 0 Å². The molecule has 0 bridgehead atoms. The lowest BCUT2D eigenvalue weighted by molar-refractivity contribution is -0.112. The van der Waals surface area contributed by atoms with Gasteiger partial charge in [0.2, 0.25) is 0 Å². The molecular weight excluding hydrogens is 356 g/mol. The van der Waals surface area contributed by atoms with Crippen LogP contribution < -0.4 is 5.32 Å². The average Bonchev–Trinajstić information content (AvgIpc) is 2.55. The van der Waals surface area contributed by atoms with Crippen LogP contribution in [0, 0.1) is 11.3 Å². The van der Waals surface area contributed by atoms with Gasteiger partial charge in [0, 0.05) is 29.4 Å². The van der Waals surface area contributed by atoms with Gasteiger partial charge in [0.15, 0.2) is 0 Å². The molecule has 1 amide bonds. The van der Waals surface area contributed by atoms with Gasteiger partial charge in [0.05, 0.1) is 0 Å². The van der Waals surface area contributed by atoms with Crippen LogP contribution in [0.5, 0.6) is 0 Å². The highest BCUT2D eigenvalue weighted by atomic mass is 79.9. The van der Waals surface area contributed by atoms with E-state index >= 15 is 0 Å². The van der Waals surface area contributed by atoms with Gasteiger partial charge in [0.25, 0.3) is 5.91 Å². The molecule has 1 aromatic rings. The third kappa shape index (κ3) is 5.08. The number of anilines is 1. The third-order valence-electron chi connectivity index (χ3n) is 4.06. The van der Waals surface area contributed by atoms with Gasteiger partial charge in [0.1, 0.15) is 11.6 Å². The first-order chi connectivity index (χ1) is 11.0. The molecule has 1 fully saturated rings. The summed E-state index contributed by atoms with van der Waals surface area (Å²) in [6, 6.07) is 9.64. The number of nitrogens with one attached hydrogen (secondary N) is 1. The fourth-order valence-corrected chi connectivity index (χ4v) is 2.85. The minimum Gasteiger partial charge on any atom is -0.376 e. The summed E-state index contributed by atoms with van der Waals surface area (Å²) in [7, 11) is 4.04. The number of carbonyl (C=O) groups excluding carboxylic acids is 1. The second-order valence-electron chi connectivity index (χ2n) is 5.82. The molecule has 0 aliphatic carbocycles. The Kier molecular flexibility index (Phi) is 6.20. The Morgan fingerprint density at radius 1 is 1.39 bits per heavy atom. The standard InChI is InChI=1S/C17H21BrN4O/c1-21-9-7-16(8-10-21)22(2)12-13(11-19)17(23)20-15-5-3-14(18)4-6-15/h3-6,12,16H,7-10H2,1-2H3,(H,20,23)/b13-12-. The fourth-order valence-electron chi connectivity index (χ4n) is 2.58. The van der Waals surface area contributed by atoms with E-state index < -0.39 is 0 Å². The van der Waals surface area contributed by atoms with E-state index in [4.69, 9.17) is 0 Å². The maximum absolute atomic E-state index is 12.3. The number of hydrogen-bond acceptors (Lipinski definition) is 4. The SMILES string of the molecule is CN1CCC(N(C)/C=C(/C#N)C(=O)Nc2ccc(Br)cc2)CC1. The van der Waals surface area contributed by atoms with Crippen molar-refractivity contribution in [2.24, 2.45) is 0 Å². The normalized spacial score (nSPS) is 16.7. The molecule has 5 nitrogen and oxygen atoms in total. The van der Waals surface area contributed by atoms with Crippen molar-refractivity contribution in [2.75, 3.05) is 32.5 Å². The lowest BCUT2D eigenvalue weighted by Gasteiger charge is -2.34. The van der Waals surface area contributed by atoms with Crippen molar-refractivity contribution >= 4 is 27.5 Å². The summed E-state index contributed by atoms with van der Waals surface area (Å²) < 4.78 is 0.938. The number of amides is 1. The molecular formula is C17H21BrN4O. The zero-order chi connectivity index (χ0) is 16.8. The molecule has 0 aromatic heterocycles. The van der Waals surface area contributed by atoms with Crippen LogP contribution in [0.4, 0.5) is 5.69 Å². The van der Waals surface area contributed by atoms with E-state index in [0.717, 1.165) is 30.4 Å². The Hall–Kier alpha value is -1.84. The molecule has 0 unspecified atom stereocenters. The van der Waals surface area contributed by atoms with Crippen molar-refractivity contribution in [3.8, 4) is 6.07 Å². The molecule has 1 aliphatic heterocycles. The van der Waals surface area contributed by atoms with Crippen molar-refractivity contribution in [3.63, 3.8) is 0 Å². The molecule has 0 saturated carbocycles. The van der Waals surface area contributed by atoms with Gasteiger partial charge in [-0.1, -0.05) is 15.9 Å². The molecule has 1 N–H and O–H groups in total. The number of carbonyl (C=O) groups is 1. The van der Waals surface area contributed by atoms with Crippen LogP contribution in [-0.4, -0.2) is 48.9 Å². The Labute approximate surface area is 145 Å². The first-order valence-corrected chi connectivity index (χ1v) is 8.38. The molecule has 1 aliphatic rings. The second-order valence-corrected chi connectivity index (χ2v) is 6.73.